The molecule has 2 aromatic rings. The normalized spacial score (nSPS) is 24.3. The molecule has 1 aliphatic carbocycles. The Bertz CT molecular complexity index is 1250. The Labute approximate surface area is 203 Å². The molecule has 1 atom stereocenters. The number of fused-ring (bicyclic) bond motifs is 3. The number of nitrogens with one attached hydrogen (secondary N) is 1. The van der Waals surface area contributed by atoms with E-state index in [0.29, 0.717) is 22.2 Å². The van der Waals surface area contributed by atoms with Gasteiger partial charge in [-0.1, -0.05) is 47.6 Å². The van der Waals surface area contributed by atoms with Crippen LogP contribution in [0.4, 0.5) is 0 Å². The largest absolute Gasteiger partial charge is 0.348 e. The first kappa shape index (κ1) is 22.3. The Kier molecular flexibility index (Phi) is 6.08. The molecule has 6 rings (SSSR count). The van der Waals surface area contributed by atoms with Crippen molar-refractivity contribution in [1.29, 1.82) is 0 Å². The fraction of sp³-hybridized carbons (Fsp3) is 0.346. The van der Waals surface area contributed by atoms with E-state index < -0.39 is 0 Å². The Morgan fingerprint density at radius 3 is 2.67 bits per heavy atom. The monoisotopic (exact) mass is 479 g/mol. The lowest BCUT2D eigenvalue weighted by molar-refractivity contribution is 0.0620. The second-order valence-corrected chi connectivity index (χ2v) is 10.0. The zero-order valence-corrected chi connectivity index (χ0v) is 20.1. The lowest BCUT2D eigenvalue weighted by Crippen LogP contribution is -2.57. The number of amides is 1. The minimum Gasteiger partial charge on any atom is -0.348 e. The summed E-state index contributed by atoms with van der Waals surface area (Å²) in [4.78, 5) is 28.9. The number of thiocarbonyl (C=S) groups is 1. The lowest BCUT2D eigenvalue weighted by Gasteiger charge is -2.44. The van der Waals surface area contributed by atoms with Gasteiger partial charge in [0.2, 0.25) is 0 Å². The number of halogens is 1. The fourth-order valence-electron chi connectivity index (χ4n) is 5.03. The van der Waals surface area contributed by atoms with Crippen molar-refractivity contribution in [2.45, 2.75) is 32.2 Å². The zero-order valence-electron chi connectivity index (χ0n) is 18.5. The molecule has 7 heteroatoms. The summed E-state index contributed by atoms with van der Waals surface area (Å²) in [5.41, 5.74) is 3.81. The van der Waals surface area contributed by atoms with Crippen molar-refractivity contribution in [3.8, 4) is 5.69 Å². The number of allylic oxidation sites excluding steroid dienone is 4. The van der Waals surface area contributed by atoms with E-state index in [0.717, 1.165) is 60.5 Å². The van der Waals surface area contributed by atoms with Gasteiger partial charge in [0.1, 0.15) is 0 Å². The summed E-state index contributed by atoms with van der Waals surface area (Å²) in [5, 5.41) is 3.62. The van der Waals surface area contributed by atoms with Gasteiger partial charge >= 0.3 is 0 Å². The van der Waals surface area contributed by atoms with Crippen LogP contribution >= 0.6 is 23.8 Å². The maximum Gasteiger partial charge on any atom is 0.255 e. The SMILES string of the molecule is CC1=CCC(=S)C(c2ccc(-n3cc(C(=O)NC4CN5CCC4CC5)ccc3=O)c(Cl)c2)=C1. The van der Waals surface area contributed by atoms with Gasteiger partial charge in [-0.25, -0.2) is 0 Å². The van der Waals surface area contributed by atoms with Gasteiger partial charge in [-0.3, -0.25) is 14.2 Å². The Morgan fingerprint density at radius 1 is 1.18 bits per heavy atom. The van der Waals surface area contributed by atoms with Gasteiger partial charge in [-0.2, -0.15) is 0 Å². The standard InChI is InChI=1S/C26H26ClN3O2S/c1-16-2-6-24(33)20(12-16)18-3-5-23(21(27)13-18)30-14-19(4-7-25(30)31)26(32)28-22-15-29-10-8-17(22)9-11-29/h2-5,7,12-14,17,22H,6,8-11,15H2,1H3,(H,28,32). The quantitative estimate of drug-likeness (QED) is 0.659. The number of carbonyl (C=O) groups excluding carboxylic acids is 1. The second kappa shape index (κ2) is 9.01. The summed E-state index contributed by atoms with van der Waals surface area (Å²) in [5.74, 6) is 0.376. The average molecular weight is 480 g/mol. The zero-order chi connectivity index (χ0) is 23.1. The summed E-state index contributed by atoms with van der Waals surface area (Å²) in [7, 11) is 0. The molecule has 4 aliphatic rings. The summed E-state index contributed by atoms with van der Waals surface area (Å²) in [6, 6.07) is 8.73. The minimum absolute atomic E-state index is 0.157. The molecule has 1 N–H and O–H groups in total. The predicted octanol–water partition coefficient (Wildman–Crippen LogP) is 4.42. The van der Waals surface area contributed by atoms with E-state index in [-0.39, 0.29) is 17.5 Å². The van der Waals surface area contributed by atoms with Crippen molar-refractivity contribution in [3.05, 3.63) is 80.8 Å². The van der Waals surface area contributed by atoms with Crippen LogP contribution < -0.4 is 10.9 Å². The smallest absolute Gasteiger partial charge is 0.255 e. The van der Waals surface area contributed by atoms with Crippen LogP contribution in [0.5, 0.6) is 0 Å². The molecule has 4 heterocycles. The van der Waals surface area contributed by atoms with Gasteiger partial charge in [-0.15, -0.1) is 0 Å². The highest BCUT2D eigenvalue weighted by Crippen LogP contribution is 2.30. The molecular formula is C26H26ClN3O2S. The van der Waals surface area contributed by atoms with E-state index in [2.05, 4.69) is 22.4 Å². The minimum atomic E-state index is -0.241. The molecule has 3 aliphatic heterocycles. The van der Waals surface area contributed by atoms with Crippen molar-refractivity contribution in [1.82, 2.24) is 14.8 Å². The molecule has 3 fully saturated rings. The van der Waals surface area contributed by atoms with Gasteiger partial charge in [0, 0.05) is 36.1 Å². The highest BCUT2D eigenvalue weighted by molar-refractivity contribution is 7.81. The number of rotatable bonds is 4. The maximum absolute atomic E-state index is 13.0. The topological polar surface area (TPSA) is 54.3 Å². The molecule has 1 unspecified atom stereocenters. The molecule has 1 aromatic carbocycles. The van der Waals surface area contributed by atoms with Crippen LogP contribution in [-0.4, -0.2) is 45.9 Å². The molecule has 5 nitrogen and oxygen atoms in total. The van der Waals surface area contributed by atoms with Crippen molar-refractivity contribution >= 4 is 40.2 Å². The van der Waals surface area contributed by atoms with Crippen molar-refractivity contribution in [3.63, 3.8) is 0 Å². The predicted molar refractivity (Wildman–Crippen MR) is 136 cm³/mol. The fourth-order valence-corrected chi connectivity index (χ4v) is 5.57. The molecule has 0 radical (unpaired) electrons. The molecule has 0 saturated carbocycles. The number of hydrogen-bond donors (Lipinski definition) is 1. The lowest BCUT2D eigenvalue weighted by atomic mass is 9.84. The van der Waals surface area contributed by atoms with Gasteiger partial charge in [-0.05, 0) is 68.1 Å². The Morgan fingerprint density at radius 2 is 1.97 bits per heavy atom. The second-order valence-electron chi connectivity index (χ2n) is 9.14. The van der Waals surface area contributed by atoms with Gasteiger partial charge in [0.15, 0.2) is 0 Å². The van der Waals surface area contributed by atoms with E-state index in [1.807, 2.05) is 25.1 Å². The third-order valence-corrected chi connectivity index (χ3v) is 7.64. The van der Waals surface area contributed by atoms with Crippen LogP contribution in [0.1, 0.15) is 42.1 Å². The van der Waals surface area contributed by atoms with Crippen molar-refractivity contribution in [2.24, 2.45) is 5.92 Å². The molecule has 170 valence electrons. The first-order valence-corrected chi connectivity index (χ1v) is 12.2. The van der Waals surface area contributed by atoms with Crippen molar-refractivity contribution < 1.29 is 4.79 Å². The Balaban J connectivity index is 1.41. The van der Waals surface area contributed by atoms with Crippen LogP contribution in [0, 0.1) is 5.92 Å². The molecular weight excluding hydrogens is 454 g/mol. The maximum atomic E-state index is 13.0. The third kappa shape index (κ3) is 4.47. The van der Waals surface area contributed by atoms with E-state index in [1.54, 1.807) is 12.3 Å². The summed E-state index contributed by atoms with van der Waals surface area (Å²) in [6.45, 7) is 5.18. The van der Waals surface area contributed by atoms with Gasteiger partial charge < -0.3 is 10.2 Å². The number of nitrogens with zero attached hydrogens (tertiary/aromatic N) is 2. The first-order valence-electron chi connectivity index (χ1n) is 11.4. The van der Waals surface area contributed by atoms with Crippen molar-refractivity contribution in [2.75, 3.05) is 19.6 Å². The van der Waals surface area contributed by atoms with Crippen LogP contribution in [0.3, 0.4) is 0 Å². The van der Waals surface area contributed by atoms with E-state index in [9.17, 15) is 9.59 Å². The van der Waals surface area contributed by atoms with E-state index >= 15 is 0 Å². The number of piperidine rings is 3. The molecule has 1 amide bonds. The highest BCUT2D eigenvalue weighted by Gasteiger charge is 2.35. The number of aromatic nitrogens is 1. The van der Waals surface area contributed by atoms with Crippen LogP contribution in [0.15, 0.2) is 59.0 Å². The average Bonchev–Trinajstić information content (AvgIpc) is 2.82. The summed E-state index contributed by atoms with van der Waals surface area (Å²) in [6.07, 6.45) is 8.74. The third-order valence-electron chi connectivity index (χ3n) is 6.95. The number of hydrogen-bond acceptors (Lipinski definition) is 4. The summed E-state index contributed by atoms with van der Waals surface area (Å²) >= 11 is 12.1. The molecule has 1 aromatic heterocycles. The molecule has 2 bridgehead atoms. The number of pyridine rings is 1. The number of benzene rings is 1. The Hall–Kier alpha value is -2.54. The van der Waals surface area contributed by atoms with E-state index in [4.69, 9.17) is 23.8 Å². The molecule has 33 heavy (non-hydrogen) atoms. The van der Waals surface area contributed by atoms with Gasteiger partial charge in [0.05, 0.1) is 16.3 Å². The molecule has 0 spiro atoms. The summed E-state index contributed by atoms with van der Waals surface area (Å²) < 4.78 is 1.44. The van der Waals surface area contributed by atoms with Gasteiger partial charge in [0.25, 0.3) is 11.5 Å². The highest BCUT2D eigenvalue weighted by atomic mass is 35.5. The first-order chi connectivity index (χ1) is 15.9. The van der Waals surface area contributed by atoms with Crippen LogP contribution in [0.2, 0.25) is 5.02 Å². The molecule has 3 saturated heterocycles. The van der Waals surface area contributed by atoms with Crippen LogP contribution in [-0.2, 0) is 0 Å². The van der Waals surface area contributed by atoms with Crippen LogP contribution in [0.25, 0.3) is 11.3 Å². The number of carbonyl (C=O) groups is 1. The van der Waals surface area contributed by atoms with E-state index in [1.165, 1.54) is 10.6 Å².